The lowest BCUT2D eigenvalue weighted by atomic mass is 10.1. The minimum absolute atomic E-state index is 0.134. The van der Waals surface area contributed by atoms with Gasteiger partial charge in [-0.05, 0) is 55.2 Å². The Labute approximate surface area is 183 Å². The maximum Gasteiger partial charge on any atom is 0.253 e. The van der Waals surface area contributed by atoms with Crippen molar-refractivity contribution < 1.29 is 14.3 Å². The third kappa shape index (κ3) is 5.95. The molecule has 5 heteroatoms. The van der Waals surface area contributed by atoms with Crippen molar-refractivity contribution in [2.24, 2.45) is 0 Å². The fourth-order valence-electron chi connectivity index (χ4n) is 3.46. The van der Waals surface area contributed by atoms with Crippen molar-refractivity contribution in [2.45, 2.75) is 32.7 Å². The molecule has 0 fully saturated rings. The van der Waals surface area contributed by atoms with Crippen molar-refractivity contribution in [3.63, 3.8) is 0 Å². The Morgan fingerprint density at radius 1 is 0.968 bits per heavy atom. The van der Waals surface area contributed by atoms with E-state index in [1.165, 1.54) is 0 Å². The van der Waals surface area contributed by atoms with Gasteiger partial charge >= 0.3 is 0 Å². The molecule has 2 N–H and O–H groups in total. The van der Waals surface area contributed by atoms with Crippen LogP contribution in [0.15, 0.2) is 72.8 Å². The molecule has 0 aliphatic heterocycles. The maximum atomic E-state index is 12.8. The number of aryl methyl sites for hydroxylation is 2. The quantitative estimate of drug-likeness (QED) is 0.539. The third-order valence-electron chi connectivity index (χ3n) is 5.19. The normalized spacial score (nSPS) is 11.5. The average molecular weight is 417 g/mol. The van der Waals surface area contributed by atoms with Crippen molar-refractivity contribution in [1.29, 1.82) is 0 Å². The fourth-order valence-corrected chi connectivity index (χ4v) is 3.46. The fraction of sp³-hybridized carbons (Fsp3) is 0.231. The topological polar surface area (TPSA) is 67.4 Å². The zero-order chi connectivity index (χ0) is 22.2. The van der Waals surface area contributed by atoms with Gasteiger partial charge in [0.05, 0.1) is 24.4 Å². The first-order chi connectivity index (χ1) is 15.0. The van der Waals surface area contributed by atoms with E-state index in [-0.39, 0.29) is 17.9 Å². The number of carbonyl (C=O) groups is 2. The Bertz CT molecular complexity index is 1050. The number of methoxy groups -OCH3 is 1. The van der Waals surface area contributed by atoms with E-state index in [2.05, 4.69) is 10.6 Å². The molecular weight excluding hydrogens is 388 g/mol. The molecule has 0 aromatic heterocycles. The van der Waals surface area contributed by atoms with E-state index < -0.39 is 0 Å². The molecule has 1 unspecified atom stereocenters. The van der Waals surface area contributed by atoms with Gasteiger partial charge in [-0.3, -0.25) is 9.59 Å². The number of hydrogen-bond acceptors (Lipinski definition) is 3. The van der Waals surface area contributed by atoms with E-state index >= 15 is 0 Å². The third-order valence-corrected chi connectivity index (χ3v) is 5.19. The highest BCUT2D eigenvalue weighted by atomic mass is 16.5. The Morgan fingerprint density at radius 2 is 1.68 bits per heavy atom. The van der Waals surface area contributed by atoms with Gasteiger partial charge in [-0.15, -0.1) is 0 Å². The number of benzene rings is 3. The van der Waals surface area contributed by atoms with Crippen LogP contribution in [0.25, 0.3) is 0 Å². The van der Waals surface area contributed by atoms with Gasteiger partial charge in [-0.1, -0.05) is 54.6 Å². The summed E-state index contributed by atoms with van der Waals surface area (Å²) in [5.74, 6) is 0.473. The summed E-state index contributed by atoms with van der Waals surface area (Å²) in [7, 11) is 1.64. The molecule has 1 atom stereocenters. The highest BCUT2D eigenvalue weighted by Crippen LogP contribution is 2.21. The first-order valence-corrected chi connectivity index (χ1v) is 10.4. The molecule has 0 aliphatic rings. The molecule has 3 aromatic rings. The van der Waals surface area contributed by atoms with E-state index in [1.54, 1.807) is 31.4 Å². The number of amides is 2. The van der Waals surface area contributed by atoms with Gasteiger partial charge in [0.25, 0.3) is 5.91 Å². The molecule has 0 bridgehead atoms. The van der Waals surface area contributed by atoms with Gasteiger partial charge in [0.1, 0.15) is 5.75 Å². The Morgan fingerprint density at radius 3 is 2.39 bits per heavy atom. The van der Waals surface area contributed by atoms with Gasteiger partial charge < -0.3 is 15.4 Å². The second-order valence-corrected chi connectivity index (χ2v) is 7.50. The summed E-state index contributed by atoms with van der Waals surface area (Å²) in [6.07, 6.45) is 0.929. The highest BCUT2D eigenvalue weighted by molar-refractivity contribution is 6.03. The van der Waals surface area contributed by atoms with Crippen LogP contribution in [0.2, 0.25) is 0 Å². The molecule has 0 heterocycles. The molecule has 3 aromatic carbocycles. The second kappa shape index (κ2) is 10.4. The van der Waals surface area contributed by atoms with E-state index in [9.17, 15) is 9.59 Å². The maximum absolute atomic E-state index is 12.8. The zero-order valence-electron chi connectivity index (χ0n) is 18.1. The van der Waals surface area contributed by atoms with Crippen LogP contribution in [0.3, 0.4) is 0 Å². The molecule has 31 heavy (non-hydrogen) atoms. The van der Waals surface area contributed by atoms with Gasteiger partial charge in [0.2, 0.25) is 5.91 Å². The standard InChI is InChI=1S/C26H28N2O3/c1-18-17-20(13-15-24(18)31-3)14-16-25(29)28-23-12-8-7-11-22(23)26(30)27-19(2)21-9-5-4-6-10-21/h4-13,15,17,19H,14,16H2,1-3H3,(H,27,30)(H,28,29). The molecule has 0 saturated carbocycles. The van der Waals surface area contributed by atoms with Crippen molar-refractivity contribution in [2.75, 3.05) is 12.4 Å². The van der Waals surface area contributed by atoms with Crippen LogP contribution in [0.5, 0.6) is 5.75 Å². The predicted octanol–water partition coefficient (Wildman–Crippen LogP) is 5.07. The van der Waals surface area contributed by atoms with Crippen molar-refractivity contribution in [3.05, 3.63) is 95.1 Å². The van der Waals surface area contributed by atoms with Crippen molar-refractivity contribution in [1.82, 2.24) is 5.32 Å². The van der Waals surface area contributed by atoms with Crippen molar-refractivity contribution in [3.8, 4) is 5.75 Å². The number of para-hydroxylation sites is 1. The van der Waals surface area contributed by atoms with E-state index in [0.717, 1.165) is 22.4 Å². The monoisotopic (exact) mass is 416 g/mol. The first-order valence-electron chi connectivity index (χ1n) is 10.4. The van der Waals surface area contributed by atoms with E-state index in [1.807, 2.05) is 62.4 Å². The summed E-state index contributed by atoms with van der Waals surface area (Å²) in [5, 5.41) is 5.89. The molecule has 0 spiro atoms. The van der Waals surface area contributed by atoms with Crippen LogP contribution in [0.4, 0.5) is 5.69 Å². The van der Waals surface area contributed by atoms with E-state index in [0.29, 0.717) is 24.1 Å². The van der Waals surface area contributed by atoms with Crippen LogP contribution in [-0.4, -0.2) is 18.9 Å². The van der Waals surface area contributed by atoms with Crippen LogP contribution in [-0.2, 0) is 11.2 Å². The predicted molar refractivity (Wildman–Crippen MR) is 123 cm³/mol. The number of hydrogen-bond donors (Lipinski definition) is 2. The van der Waals surface area contributed by atoms with Crippen molar-refractivity contribution >= 4 is 17.5 Å². The molecular formula is C26H28N2O3. The van der Waals surface area contributed by atoms with Crippen LogP contribution in [0, 0.1) is 6.92 Å². The Kier molecular flexibility index (Phi) is 7.44. The Balaban J connectivity index is 1.62. The molecule has 0 aliphatic carbocycles. The minimum Gasteiger partial charge on any atom is -0.496 e. The van der Waals surface area contributed by atoms with Crippen LogP contribution < -0.4 is 15.4 Å². The van der Waals surface area contributed by atoms with Gasteiger partial charge in [0.15, 0.2) is 0 Å². The van der Waals surface area contributed by atoms with Gasteiger partial charge in [0, 0.05) is 6.42 Å². The number of nitrogens with one attached hydrogen (secondary N) is 2. The lowest BCUT2D eigenvalue weighted by Crippen LogP contribution is -2.28. The van der Waals surface area contributed by atoms with Crippen LogP contribution >= 0.6 is 0 Å². The van der Waals surface area contributed by atoms with Gasteiger partial charge in [-0.25, -0.2) is 0 Å². The SMILES string of the molecule is COc1ccc(CCC(=O)Nc2ccccc2C(=O)NC(C)c2ccccc2)cc1C. The lowest BCUT2D eigenvalue weighted by molar-refractivity contribution is -0.116. The van der Waals surface area contributed by atoms with Gasteiger partial charge in [-0.2, -0.15) is 0 Å². The molecule has 0 saturated heterocycles. The number of anilines is 1. The molecule has 2 amide bonds. The molecule has 5 nitrogen and oxygen atoms in total. The number of rotatable bonds is 8. The minimum atomic E-state index is -0.224. The summed E-state index contributed by atoms with van der Waals surface area (Å²) in [6, 6.07) is 22.6. The summed E-state index contributed by atoms with van der Waals surface area (Å²) >= 11 is 0. The lowest BCUT2D eigenvalue weighted by Gasteiger charge is -2.16. The zero-order valence-corrected chi connectivity index (χ0v) is 18.1. The smallest absolute Gasteiger partial charge is 0.253 e. The molecule has 0 radical (unpaired) electrons. The summed E-state index contributed by atoms with van der Waals surface area (Å²) in [5.41, 5.74) is 4.08. The molecule has 3 rings (SSSR count). The number of carbonyl (C=O) groups excluding carboxylic acids is 2. The summed E-state index contributed by atoms with van der Waals surface area (Å²) in [6.45, 7) is 3.92. The molecule has 160 valence electrons. The first kappa shape index (κ1) is 22.1. The average Bonchev–Trinajstić information content (AvgIpc) is 2.78. The second-order valence-electron chi connectivity index (χ2n) is 7.50. The van der Waals surface area contributed by atoms with E-state index in [4.69, 9.17) is 4.74 Å². The number of ether oxygens (including phenoxy) is 1. The largest absolute Gasteiger partial charge is 0.496 e. The van der Waals surface area contributed by atoms with Crippen LogP contribution in [0.1, 0.15) is 46.4 Å². The highest BCUT2D eigenvalue weighted by Gasteiger charge is 2.16. The summed E-state index contributed by atoms with van der Waals surface area (Å²) < 4.78 is 5.28. The Hall–Kier alpha value is -3.60. The summed E-state index contributed by atoms with van der Waals surface area (Å²) in [4.78, 5) is 25.4.